The summed E-state index contributed by atoms with van der Waals surface area (Å²) in [5.41, 5.74) is 1.02. The number of carbonyl (C=O) groups is 2. The maximum atomic E-state index is 12.5. The standard InChI is InChI=1S/C20H20N2O4/c1-13(2)10-12-25-20(24)17-16(15-9-6-11-21-19(15)26-17)22-18(23)14-7-4-3-5-8-14/h3-9,11,13H,10,12H2,1-2H3,(H,22,23). The number of ether oxygens (including phenoxy) is 1. The summed E-state index contributed by atoms with van der Waals surface area (Å²) in [4.78, 5) is 29.1. The summed E-state index contributed by atoms with van der Waals surface area (Å²) in [5, 5.41) is 3.31. The number of hydrogen-bond donors (Lipinski definition) is 1. The summed E-state index contributed by atoms with van der Waals surface area (Å²) in [5.74, 6) is -0.593. The van der Waals surface area contributed by atoms with E-state index in [1.54, 1.807) is 42.6 Å². The fraction of sp³-hybridized carbons (Fsp3) is 0.250. The largest absolute Gasteiger partial charge is 0.460 e. The summed E-state index contributed by atoms with van der Waals surface area (Å²) >= 11 is 0. The third kappa shape index (κ3) is 3.91. The van der Waals surface area contributed by atoms with Crippen LogP contribution in [0.3, 0.4) is 0 Å². The molecule has 0 aliphatic rings. The van der Waals surface area contributed by atoms with Gasteiger partial charge < -0.3 is 14.5 Å². The van der Waals surface area contributed by atoms with Crippen LogP contribution in [0, 0.1) is 5.92 Å². The maximum Gasteiger partial charge on any atom is 0.376 e. The number of amides is 1. The number of anilines is 1. The Morgan fingerprint density at radius 2 is 1.92 bits per heavy atom. The Kier molecular flexibility index (Phi) is 5.31. The summed E-state index contributed by atoms with van der Waals surface area (Å²) in [6.07, 6.45) is 2.30. The van der Waals surface area contributed by atoms with E-state index in [-0.39, 0.29) is 29.7 Å². The minimum atomic E-state index is -0.619. The average Bonchev–Trinajstić information content (AvgIpc) is 3.01. The van der Waals surface area contributed by atoms with Gasteiger partial charge in [-0.25, -0.2) is 9.78 Å². The van der Waals surface area contributed by atoms with Gasteiger partial charge in [0.2, 0.25) is 11.5 Å². The molecule has 1 amide bonds. The van der Waals surface area contributed by atoms with Crippen molar-refractivity contribution in [2.24, 2.45) is 5.92 Å². The minimum absolute atomic E-state index is 0.0493. The summed E-state index contributed by atoms with van der Waals surface area (Å²) in [6, 6.07) is 12.2. The lowest BCUT2D eigenvalue weighted by Crippen LogP contribution is -2.15. The quantitative estimate of drug-likeness (QED) is 0.670. The molecule has 0 spiro atoms. The second-order valence-electron chi connectivity index (χ2n) is 6.30. The van der Waals surface area contributed by atoms with E-state index < -0.39 is 5.97 Å². The molecular formula is C20H20N2O4. The third-order valence-corrected chi connectivity index (χ3v) is 3.85. The molecule has 1 aromatic carbocycles. The van der Waals surface area contributed by atoms with Gasteiger partial charge in [-0.1, -0.05) is 32.0 Å². The van der Waals surface area contributed by atoms with E-state index in [4.69, 9.17) is 9.15 Å². The Morgan fingerprint density at radius 1 is 1.15 bits per heavy atom. The average molecular weight is 352 g/mol. The van der Waals surface area contributed by atoms with Crippen LogP contribution >= 0.6 is 0 Å². The molecule has 134 valence electrons. The van der Waals surface area contributed by atoms with E-state index in [9.17, 15) is 9.59 Å². The Bertz CT molecular complexity index is 916. The number of rotatable bonds is 6. The predicted octanol–water partition coefficient (Wildman–Crippen LogP) is 4.28. The van der Waals surface area contributed by atoms with E-state index >= 15 is 0 Å². The molecule has 0 unspecified atom stereocenters. The van der Waals surface area contributed by atoms with Gasteiger partial charge in [-0.15, -0.1) is 0 Å². The zero-order valence-electron chi connectivity index (χ0n) is 14.7. The Balaban J connectivity index is 1.89. The van der Waals surface area contributed by atoms with E-state index in [1.165, 1.54) is 0 Å². The molecule has 0 aliphatic heterocycles. The number of esters is 1. The molecule has 2 aromatic heterocycles. The molecule has 0 atom stereocenters. The van der Waals surface area contributed by atoms with Crippen molar-refractivity contribution in [3.05, 3.63) is 60.0 Å². The molecule has 0 saturated carbocycles. The molecule has 2 heterocycles. The van der Waals surface area contributed by atoms with Crippen molar-refractivity contribution < 1.29 is 18.7 Å². The van der Waals surface area contributed by atoms with Crippen molar-refractivity contribution in [2.75, 3.05) is 11.9 Å². The first kappa shape index (κ1) is 17.7. The third-order valence-electron chi connectivity index (χ3n) is 3.85. The van der Waals surface area contributed by atoms with Gasteiger partial charge in [0.25, 0.3) is 5.91 Å². The van der Waals surface area contributed by atoms with Gasteiger partial charge in [0.05, 0.1) is 12.0 Å². The van der Waals surface area contributed by atoms with Gasteiger partial charge >= 0.3 is 5.97 Å². The normalized spacial score (nSPS) is 10.9. The molecule has 3 aromatic rings. The lowest BCUT2D eigenvalue weighted by atomic mass is 10.1. The Hall–Kier alpha value is -3.15. The van der Waals surface area contributed by atoms with Crippen LogP contribution in [0.5, 0.6) is 0 Å². The van der Waals surface area contributed by atoms with Crippen molar-refractivity contribution >= 4 is 28.7 Å². The fourth-order valence-electron chi connectivity index (χ4n) is 2.43. The van der Waals surface area contributed by atoms with E-state index in [2.05, 4.69) is 10.3 Å². The van der Waals surface area contributed by atoms with Crippen LogP contribution in [0.1, 0.15) is 41.2 Å². The number of nitrogens with zero attached hydrogens (tertiary/aromatic N) is 1. The molecular weight excluding hydrogens is 332 g/mol. The number of hydrogen-bond acceptors (Lipinski definition) is 5. The lowest BCUT2D eigenvalue weighted by Gasteiger charge is -2.08. The zero-order valence-corrected chi connectivity index (χ0v) is 14.7. The monoisotopic (exact) mass is 352 g/mol. The molecule has 1 N–H and O–H groups in total. The van der Waals surface area contributed by atoms with Crippen LogP contribution in [0.15, 0.2) is 53.1 Å². The number of fused-ring (bicyclic) bond motifs is 1. The zero-order chi connectivity index (χ0) is 18.5. The highest BCUT2D eigenvalue weighted by atomic mass is 16.5. The predicted molar refractivity (Wildman–Crippen MR) is 98.1 cm³/mol. The highest BCUT2D eigenvalue weighted by molar-refractivity contribution is 6.13. The molecule has 0 fully saturated rings. The number of carbonyl (C=O) groups excluding carboxylic acids is 2. The molecule has 0 aliphatic carbocycles. The van der Waals surface area contributed by atoms with E-state index in [0.29, 0.717) is 16.9 Å². The molecule has 6 nitrogen and oxygen atoms in total. The summed E-state index contributed by atoms with van der Waals surface area (Å²) in [7, 11) is 0. The highest BCUT2D eigenvalue weighted by Crippen LogP contribution is 2.30. The second-order valence-corrected chi connectivity index (χ2v) is 6.30. The smallest absolute Gasteiger partial charge is 0.376 e. The first-order valence-electron chi connectivity index (χ1n) is 8.47. The van der Waals surface area contributed by atoms with Gasteiger partial charge in [0.15, 0.2) is 0 Å². The van der Waals surface area contributed by atoms with Gasteiger partial charge in [-0.2, -0.15) is 0 Å². The summed E-state index contributed by atoms with van der Waals surface area (Å²) in [6.45, 7) is 4.38. The van der Waals surface area contributed by atoms with Crippen LogP contribution < -0.4 is 5.32 Å². The van der Waals surface area contributed by atoms with Gasteiger partial charge in [-0.3, -0.25) is 4.79 Å². The number of nitrogens with one attached hydrogen (secondary N) is 1. The van der Waals surface area contributed by atoms with E-state index in [0.717, 1.165) is 6.42 Å². The van der Waals surface area contributed by atoms with Gasteiger partial charge in [0, 0.05) is 11.8 Å². The van der Waals surface area contributed by atoms with Crippen molar-refractivity contribution in [3.63, 3.8) is 0 Å². The minimum Gasteiger partial charge on any atom is -0.460 e. The SMILES string of the molecule is CC(C)CCOC(=O)c1oc2ncccc2c1NC(=O)c1ccccc1. The van der Waals surface area contributed by atoms with E-state index in [1.807, 2.05) is 19.9 Å². The Morgan fingerprint density at radius 3 is 2.65 bits per heavy atom. The molecule has 0 radical (unpaired) electrons. The lowest BCUT2D eigenvalue weighted by molar-refractivity contribution is 0.0455. The van der Waals surface area contributed by atoms with Crippen LogP contribution in [0.2, 0.25) is 0 Å². The first-order chi connectivity index (χ1) is 12.6. The number of benzene rings is 1. The molecule has 0 bridgehead atoms. The van der Waals surface area contributed by atoms with Crippen molar-refractivity contribution in [3.8, 4) is 0 Å². The van der Waals surface area contributed by atoms with Crippen LogP contribution in [-0.2, 0) is 4.74 Å². The highest BCUT2D eigenvalue weighted by Gasteiger charge is 2.24. The maximum absolute atomic E-state index is 12.5. The van der Waals surface area contributed by atoms with Gasteiger partial charge in [-0.05, 0) is 36.6 Å². The van der Waals surface area contributed by atoms with Crippen molar-refractivity contribution in [2.45, 2.75) is 20.3 Å². The Labute approximate surface area is 151 Å². The van der Waals surface area contributed by atoms with Crippen molar-refractivity contribution in [1.29, 1.82) is 0 Å². The molecule has 26 heavy (non-hydrogen) atoms. The summed E-state index contributed by atoms with van der Waals surface area (Å²) < 4.78 is 10.8. The number of furan rings is 1. The molecule has 3 rings (SSSR count). The number of aromatic nitrogens is 1. The van der Waals surface area contributed by atoms with Crippen LogP contribution in [-0.4, -0.2) is 23.5 Å². The number of pyridine rings is 1. The van der Waals surface area contributed by atoms with Crippen LogP contribution in [0.4, 0.5) is 5.69 Å². The van der Waals surface area contributed by atoms with Crippen LogP contribution in [0.25, 0.3) is 11.1 Å². The molecule has 6 heteroatoms. The van der Waals surface area contributed by atoms with Gasteiger partial charge in [0.1, 0.15) is 5.69 Å². The first-order valence-corrected chi connectivity index (χ1v) is 8.47. The second kappa shape index (κ2) is 7.82. The molecule has 0 saturated heterocycles. The topological polar surface area (TPSA) is 81.4 Å². The fourth-order valence-corrected chi connectivity index (χ4v) is 2.43. The van der Waals surface area contributed by atoms with Crippen molar-refractivity contribution in [1.82, 2.24) is 4.98 Å².